The Kier molecular flexibility index (Phi) is 3.39. The van der Waals surface area contributed by atoms with Gasteiger partial charge < -0.3 is 5.32 Å². The van der Waals surface area contributed by atoms with Gasteiger partial charge >= 0.3 is 0 Å². The molecule has 1 heterocycles. The van der Waals surface area contributed by atoms with Crippen molar-refractivity contribution < 1.29 is 0 Å². The third-order valence-electron chi connectivity index (χ3n) is 4.19. The Balaban J connectivity index is 1.78. The van der Waals surface area contributed by atoms with Crippen molar-refractivity contribution in [1.82, 2.24) is 0 Å². The van der Waals surface area contributed by atoms with Gasteiger partial charge in [-0.2, -0.15) is 0 Å². The number of fused-ring (bicyclic) bond motifs is 2. The van der Waals surface area contributed by atoms with Gasteiger partial charge in [0, 0.05) is 15.7 Å². The van der Waals surface area contributed by atoms with Crippen LogP contribution in [-0.2, 0) is 0 Å². The van der Waals surface area contributed by atoms with Crippen LogP contribution in [0.3, 0.4) is 0 Å². The number of anilines is 2. The first-order valence-corrected chi connectivity index (χ1v) is 8.36. The summed E-state index contributed by atoms with van der Waals surface area (Å²) in [5, 5.41) is 3.64. The third kappa shape index (κ3) is 2.30. The molecule has 4 rings (SSSR count). The van der Waals surface area contributed by atoms with E-state index in [0.29, 0.717) is 5.92 Å². The van der Waals surface area contributed by atoms with Gasteiger partial charge in [-0.15, -0.1) is 0 Å². The fourth-order valence-electron chi connectivity index (χ4n) is 2.96. The second-order valence-electron chi connectivity index (χ2n) is 5.58. The van der Waals surface area contributed by atoms with Crippen LogP contribution >= 0.6 is 11.8 Å². The van der Waals surface area contributed by atoms with Crippen molar-refractivity contribution in [3.05, 3.63) is 83.9 Å². The lowest BCUT2D eigenvalue weighted by Gasteiger charge is -2.25. The van der Waals surface area contributed by atoms with Crippen LogP contribution in [0.15, 0.2) is 82.6 Å². The standard InChI is InChI=1S/C20H17NS/c1-14(15-8-3-2-4-9-15)16-10-7-13-19-20(16)21-17-11-5-6-12-18(17)22-19/h2-14,21H,1H3. The minimum atomic E-state index is 0.370. The number of hydrogen-bond acceptors (Lipinski definition) is 2. The summed E-state index contributed by atoms with van der Waals surface area (Å²) < 4.78 is 0. The van der Waals surface area contributed by atoms with Crippen molar-refractivity contribution in [3.63, 3.8) is 0 Å². The quantitative estimate of drug-likeness (QED) is 0.484. The lowest BCUT2D eigenvalue weighted by Crippen LogP contribution is -2.06. The molecule has 1 aliphatic rings. The van der Waals surface area contributed by atoms with Crippen LogP contribution in [0.2, 0.25) is 0 Å². The van der Waals surface area contributed by atoms with Gasteiger partial charge in [0.1, 0.15) is 0 Å². The second-order valence-corrected chi connectivity index (χ2v) is 6.66. The Morgan fingerprint density at radius 2 is 1.50 bits per heavy atom. The van der Waals surface area contributed by atoms with Gasteiger partial charge in [0.25, 0.3) is 0 Å². The number of benzene rings is 3. The maximum Gasteiger partial charge on any atom is 0.0565 e. The summed E-state index contributed by atoms with van der Waals surface area (Å²) in [6.07, 6.45) is 0. The van der Waals surface area contributed by atoms with Crippen LogP contribution in [0, 0.1) is 0 Å². The van der Waals surface area contributed by atoms with E-state index < -0.39 is 0 Å². The fourth-order valence-corrected chi connectivity index (χ4v) is 3.99. The zero-order valence-corrected chi connectivity index (χ0v) is 13.2. The van der Waals surface area contributed by atoms with Gasteiger partial charge in [-0.3, -0.25) is 0 Å². The fraction of sp³-hybridized carbons (Fsp3) is 0.100. The monoisotopic (exact) mass is 303 g/mol. The first kappa shape index (κ1) is 13.5. The maximum atomic E-state index is 3.64. The molecule has 3 aromatic carbocycles. The van der Waals surface area contributed by atoms with Crippen molar-refractivity contribution >= 4 is 23.1 Å². The summed E-state index contributed by atoms with van der Waals surface area (Å²) in [6, 6.07) is 25.8. The van der Waals surface area contributed by atoms with Crippen LogP contribution in [-0.4, -0.2) is 0 Å². The molecule has 2 heteroatoms. The molecule has 1 atom stereocenters. The van der Waals surface area contributed by atoms with Gasteiger partial charge in [-0.25, -0.2) is 0 Å². The molecule has 1 N–H and O–H groups in total. The predicted octanol–water partition coefficient (Wildman–Crippen LogP) is 6.05. The third-order valence-corrected chi connectivity index (χ3v) is 5.33. The smallest absolute Gasteiger partial charge is 0.0565 e. The Morgan fingerprint density at radius 1 is 0.773 bits per heavy atom. The number of hydrogen-bond donors (Lipinski definition) is 1. The molecule has 0 spiro atoms. The zero-order valence-electron chi connectivity index (χ0n) is 12.4. The van der Waals surface area contributed by atoms with Crippen molar-refractivity contribution in [2.75, 3.05) is 5.32 Å². The average Bonchev–Trinajstić information content (AvgIpc) is 2.59. The van der Waals surface area contributed by atoms with Crippen molar-refractivity contribution in [1.29, 1.82) is 0 Å². The number of para-hydroxylation sites is 2. The molecule has 1 unspecified atom stereocenters. The minimum Gasteiger partial charge on any atom is -0.353 e. The Bertz CT molecular complexity index is 811. The van der Waals surface area contributed by atoms with E-state index in [2.05, 4.69) is 85.0 Å². The predicted molar refractivity (Wildman–Crippen MR) is 94.2 cm³/mol. The highest BCUT2D eigenvalue weighted by molar-refractivity contribution is 7.99. The summed E-state index contributed by atoms with van der Waals surface area (Å²) in [5.74, 6) is 0.370. The van der Waals surface area contributed by atoms with E-state index in [1.807, 2.05) is 11.8 Å². The summed E-state index contributed by atoms with van der Waals surface area (Å²) in [4.78, 5) is 2.60. The maximum absolute atomic E-state index is 3.64. The average molecular weight is 303 g/mol. The Morgan fingerprint density at radius 3 is 2.36 bits per heavy atom. The SMILES string of the molecule is CC(c1ccccc1)c1cccc2c1Nc1ccccc1S2. The highest BCUT2D eigenvalue weighted by atomic mass is 32.2. The summed E-state index contributed by atoms with van der Waals surface area (Å²) >= 11 is 1.85. The van der Waals surface area contributed by atoms with Crippen LogP contribution in [0.25, 0.3) is 0 Å². The van der Waals surface area contributed by atoms with Gasteiger partial charge in [0.15, 0.2) is 0 Å². The molecule has 3 aromatic rings. The summed E-state index contributed by atoms with van der Waals surface area (Å²) in [7, 11) is 0. The minimum absolute atomic E-state index is 0.370. The van der Waals surface area contributed by atoms with Gasteiger partial charge in [0.2, 0.25) is 0 Å². The highest BCUT2D eigenvalue weighted by Gasteiger charge is 2.21. The van der Waals surface area contributed by atoms with E-state index in [0.717, 1.165) is 0 Å². The molecular formula is C20H17NS. The molecule has 0 saturated heterocycles. The van der Waals surface area contributed by atoms with Crippen LogP contribution in [0.4, 0.5) is 11.4 Å². The molecule has 0 aromatic heterocycles. The van der Waals surface area contributed by atoms with E-state index in [9.17, 15) is 0 Å². The van der Waals surface area contributed by atoms with Crippen LogP contribution in [0.1, 0.15) is 24.0 Å². The number of rotatable bonds is 2. The van der Waals surface area contributed by atoms with E-state index in [1.165, 1.54) is 32.3 Å². The van der Waals surface area contributed by atoms with Gasteiger partial charge in [-0.1, -0.05) is 73.3 Å². The lowest BCUT2D eigenvalue weighted by molar-refractivity contribution is 0.918. The van der Waals surface area contributed by atoms with Crippen molar-refractivity contribution in [2.45, 2.75) is 22.6 Å². The molecule has 22 heavy (non-hydrogen) atoms. The lowest BCUT2D eigenvalue weighted by atomic mass is 9.91. The molecule has 1 aliphatic heterocycles. The molecule has 0 saturated carbocycles. The molecule has 0 fully saturated rings. The van der Waals surface area contributed by atoms with E-state index in [1.54, 1.807) is 0 Å². The first-order chi connectivity index (χ1) is 10.8. The van der Waals surface area contributed by atoms with E-state index in [4.69, 9.17) is 0 Å². The van der Waals surface area contributed by atoms with Gasteiger partial charge in [0.05, 0.1) is 11.4 Å². The molecule has 0 bridgehead atoms. The molecule has 0 radical (unpaired) electrons. The topological polar surface area (TPSA) is 12.0 Å². The molecule has 108 valence electrons. The van der Waals surface area contributed by atoms with Crippen LogP contribution < -0.4 is 5.32 Å². The highest BCUT2D eigenvalue weighted by Crippen LogP contribution is 2.47. The van der Waals surface area contributed by atoms with Gasteiger partial charge in [-0.05, 0) is 29.3 Å². The Labute approximate surface area is 135 Å². The first-order valence-electron chi connectivity index (χ1n) is 7.54. The molecular weight excluding hydrogens is 286 g/mol. The summed E-state index contributed by atoms with van der Waals surface area (Å²) in [5.41, 5.74) is 5.16. The largest absolute Gasteiger partial charge is 0.353 e. The Hall–Kier alpha value is -2.19. The second kappa shape index (κ2) is 5.54. The normalized spacial score (nSPS) is 13.7. The van der Waals surface area contributed by atoms with Crippen LogP contribution in [0.5, 0.6) is 0 Å². The number of nitrogens with one attached hydrogen (secondary N) is 1. The van der Waals surface area contributed by atoms with Crippen molar-refractivity contribution in [3.8, 4) is 0 Å². The van der Waals surface area contributed by atoms with E-state index >= 15 is 0 Å². The molecule has 0 aliphatic carbocycles. The zero-order chi connectivity index (χ0) is 14.9. The van der Waals surface area contributed by atoms with Crippen molar-refractivity contribution in [2.24, 2.45) is 0 Å². The van der Waals surface area contributed by atoms with E-state index in [-0.39, 0.29) is 0 Å². The molecule has 1 nitrogen and oxygen atoms in total. The summed E-state index contributed by atoms with van der Waals surface area (Å²) in [6.45, 7) is 2.28. The molecule has 0 amide bonds.